The van der Waals surface area contributed by atoms with Gasteiger partial charge in [0.2, 0.25) is 0 Å². The molecule has 0 unspecified atom stereocenters. The number of anilines is 1. The van der Waals surface area contributed by atoms with Crippen LogP contribution in [0.25, 0.3) is 5.65 Å². The van der Waals surface area contributed by atoms with E-state index in [9.17, 15) is 0 Å². The number of nitrogens with one attached hydrogen (secondary N) is 1. The van der Waals surface area contributed by atoms with Gasteiger partial charge in [-0.1, -0.05) is 0 Å². The maximum Gasteiger partial charge on any atom is 0.157 e. The first-order valence-electron chi connectivity index (χ1n) is 7.82. The maximum atomic E-state index is 4.86. The molecule has 2 aromatic rings. The highest BCUT2D eigenvalue weighted by molar-refractivity contribution is 5.57. The molecule has 2 aromatic heterocycles. The van der Waals surface area contributed by atoms with E-state index in [1.54, 1.807) is 0 Å². The molecule has 6 heteroatoms. The van der Waals surface area contributed by atoms with Crippen LogP contribution in [0.3, 0.4) is 0 Å². The molecule has 6 nitrogen and oxygen atoms in total. The molecule has 4 heterocycles. The summed E-state index contributed by atoms with van der Waals surface area (Å²) >= 11 is 0. The number of fused-ring (bicyclic) bond motifs is 2. The van der Waals surface area contributed by atoms with Crippen LogP contribution in [0.4, 0.5) is 5.82 Å². The molecular formula is C15H22N6. The fourth-order valence-corrected chi connectivity index (χ4v) is 3.38. The molecule has 1 N–H and O–H groups in total. The number of hydrogen-bond donors (Lipinski definition) is 1. The van der Waals surface area contributed by atoms with Crippen molar-refractivity contribution in [3.63, 3.8) is 0 Å². The Morgan fingerprint density at radius 2 is 1.90 bits per heavy atom. The smallest absolute Gasteiger partial charge is 0.157 e. The van der Waals surface area contributed by atoms with Gasteiger partial charge in [0.15, 0.2) is 5.65 Å². The van der Waals surface area contributed by atoms with E-state index in [2.05, 4.69) is 27.3 Å². The zero-order valence-electron chi connectivity index (χ0n) is 12.5. The highest BCUT2D eigenvalue weighted by Gasteiger charge is 2.24. The van der Waals surface area contributed by atoms with Crippen LogP contribution < -0.4 is 10.2 Å². The Balaban J connectivity index is 1.87. The van der Waals surface area contributed by atoms with Crippen LogP contribution in [0.1, 0.15) is 11.3 Å². The second kappa shape index (κ2) is 5.27. The van der Waals surface area contributed by atoms with Gasteiger partial charge < -0.3 is 15.1 Å². The third-order valence-electron chi connectivity index (χ3n) is 4.58. The third-order valence-corrected chi connectivity index (χ3v) is 4.58. The second-order valence-corrected chi connectivity index (χ2v) is 6.00. The summed E-state index contributed by atoms with van der Waals surface area (Å²) in [7, 11) is 2.20. The highest BCUT2D eigenvalue weighted by Crippen LogP contribution is 2.27. The summed E-state index contributed by atoms with van der Waals surface area (Å²) in [6.07, 6.45) is 3.96. The van der Waals surface area contributed by atoms with Gasteiger partial charge in [-0.2, -0.15) is 9.61 Å². The molecule has 0 atom stereocenters. The van der Waals surface area contributed by atoms with E-state index in [0.29, 0.717) is 0 Å². The minimum atomic E-state index is 0.979. The number of piperazine rings is 1. The highest BCUT2D eigenvalue weighted by atomic mass is 15.4. The third kappa shape index (κ3) is 2.28. The first kappa shape index (κ1) is 13.0. The molecule has 0 aromatic carbocycles. The van der Waals surface area contributed by atoms with Crippen LogP contribution in [0.15, 0.2) is 12.3 Å². The minimum absolute atomic E-state index is 0.979. The van der Waals surface area contributed by atoms with Crippen molar-refractivity contribution in [2.24, 2.45) is 0 Å². The Morgan fingerprint density at radius 3 is 2.76 bits per heavy atom. The number of likely N-dealkylation sites (N-methyl/N-ethyl adjacent to an activating group) is 1. The lowest BCUT2D eigenvalue weighted by atomic mass is 10.1. The van der Waals surface area contributed by atoms with Crippen molar-refractivity contribution in [1.29, 1.82) is 0 Å². The van der Waals surface area contributed by atoms with Gasteiger partial charge in [0.25, 0.3) is 0 Å². The van der Waals surface area contributed by atoms with Gasteiger partial charge >= 0.3 is 0 Å². The molecule has 2 aliphatic heterocycles. The number of hydrogen-bond acceptors (Lipinski definition) is 5. The maximum absolute atomic E-state index is 4.86. The molecule has 21 heavy (non-hydrogen) atoms. The topological polar surface area (TPSA) is 48.7 Å². The summed E-state index contributed by atoms with van der Waals surface area (Å²) in [6, 6.07) is 2.01. The molecule has 1 saturated heterocycles. The minimum Gasteiger partial charge on any atom is -0.354 e. The first-order valence-corrected chi connectivity index (χ1v) is 7.82. The lowest BCUT2D eigenvalue weighted by molar-refractivity contribution is 0.352. The lowest BCUT2D eigenvalue weighted by Crippen LogP contribution is -2.45. The number of rotatable bonds is 1. The average Bonchev–Trinajstić information content (AvgIpc) is 2.90. The van der Waals surface area contributed by atoms with Crippen LogP contribution in [-0.2, 0) is 12.8 Å². The van der Waals surface area contributed by atoms with Gasteiger partial charge in [-0.3, -0.25) is 0 Å². The summed E-state index contributed by atoms with van der Waals surface area (Å²) in [5.41, 5.74) is 3.64. The van der Waals surface area contributed by atoms with Gasteiger partial charge in [-0.25, -0.2) is 4.98 Å². The Bertz CT molecular complexity index is 643. The molecule has 0 radical (unpaired) electrons. The van der Waals surface area contributed by atoms with Crippen LogP contribution in [0.2, 0.25) is 0 Å². The van der Waals surface area contributed by atoms with Gasteiger partial charge in [-0.05, 0) is 13.5 Å². The van der Waals surface area contributed by atoms with Crippen LogP contribution in [-0.4, -0.2) is 65.8 Å². The van der Waals surface area contributed by atoms with Crippen molar-refractivity contribution in [2.75, 3.05) is 51.2 Å². The molecule has 0 spiro atoms. The molecule has 0 amide bonds. The predicted molar refractivity (Wildman–Crippen MR) is 83.0 cm³/mol. The van der Waals surface area contributed by atoms with Crippen molar-refractivity contribution in [3.05, 3.63) is 23.5 Å². The molecule has 2 aliphatic rings. The molecular weight excluding hydrogens is 264 g/mol. The first-order chi connectivity index (χ1) is 10.3. The normalized spacial score (nSPS) is 20.5. The molecule has 0 bridgehead atoms. The van der Waals surface area contributed by atoms with Crippen molar-refractivity contribution in [3.8, 4) is 0 Å². The van der Waals surface area contributed by atoms with Gasteiger partial charge in [0, 0.05) is 57.3 Å². The lowest BCUT2D eigenvalue weighted by Gasteiger charge is -2.31. The van der Waals surface area contributed by atoms with E-state index >= 15 is 0 Å². The molecule has 4 rings (SSSR count). The van der Waals surface area contributed by atoms with Crippen molar-refractivity contribution in [2.45, 2.75) is 12.8 Å². The fraction of sp³-hybridized carbons (Fsp3) is 0.600. The molecule has 0 saturated carbocycles. The second-order valence-electron chi connectivity index (χ2n) is 6.00. The Morgan fingerprint density at radius 1 is 1.10 bits per heavy atom. The molecule has 0 aliphatic carbocycles. The average molecular weight is 286 g/mol. The standard InChI is InChI=1S/C15H22N6/c1-19-8-3-12-13(4-9-19)18-14-2-5-17-21(14)15(12)20-10-6-16-7-11-20/h2,5,16H,3-4,6-11H2,1H3. The summed E-state index contributed by atoms with van der Waals surface area (Å²) < 4.78 is 2.04. The van der Waals surface area contributed by atoms with E-state index in [1.165, 1.54) is 17.1 Å². The SMILES string of the molecule is CN1CCc2nc3ccnn3c(N3CCNCC3)c2CC1. The van der Waals surface area contributed by atoms with Gasteiger partial charge in [0.05, 0.1) is 11.9 Å². The van der Waals surface area contributed by atoms with E-state index in [4.69, 9.17) is 4.98 Å². The largest absolute Gasteiger partial charge is 0.354 e. The fourth-order valence-electron chi connectivity index (χ4n) is 3.38. The van der Waals surface area contributed by atoms with Crippen LogP contribution >= 0.6 is 0 Å². The number of nitrogens with zero attached hydrogens (tertiary/aromatic N) is 5. The predicted octanol–water partition coefficient (Wildman–Crippen LogP) is 0.169. The van der Waals surface area contributed by atoms with E-state index in [1.807, 2.05) is 16.8 Å². The summed E-state index contributed by atoms with van der Waals surface area (Å²) in [4.78, 5) is 9.73. The Hall–Kier alpha value is -1.66. The van der Waals surface area contributed by atoms with Crippen molar-refractivity contribution >= 4 is 11.5 Å². The van der Waals surface area contributed by atoms with Crippen LogP contribution in [0.5, 0.6) is 0 Å². The van der Waals surface area contributed by atoms with Crippen molar-refractivity contribution < 1.29 is 0 Å². The zero-order chi connectivity index (χ0) is 14.2. The van der Waals surface area contributed by atoms with Gasteiger partial charge in [-0.15, -0.1) is 0 Å². The summed E-state index contributed by atoms with van der Waals surface area (Å²) in [5.74, 6) is 1.27. The monoisotopic (exact) mass is 286 g/mol. The Labute approximate surface area is 124 Å². The Kier molecular flexibility index (Phi) is 3.27. The van der Waals surface area contributed by atoms with Crippen molar-refractivity contribution in [1.82, 2.24) is 24.8 Å². The summed E-state index contributed by atoms with van der Waals surface area (Å²) in [6.45, 7) is 6.36. The molecule has 1 fully saturated rings. The van der Waals surface area contributed by atoms with E-state index in [-0.39, 0.29) is 0 Å². The summed E-state index contributed by atoms with van der Waals surface area (Å²) in [5, 5.41) is 7.96. The number of aromatic nitrogens is 3. The van der Waals surface area contributed by atoms with Crippen LogP contribution in [0, 0.1) is 0 Å². The van der Waals surface area contributed by atoms with Gasteiger partial charge in [0.1, 0.15) is 5.82 Å². The van der Waals surface area contributed by atoms with E-state index in [0.717, 1.165) is 57.8 Å². The van der Waals surface area contributed by atoms with E-state index < -0.39 is 0 Å². The quantitative estimate of drug-likeness (QED) is 0.810. The zero-order valence-corrected chi connectivity index (χ0v) is 12.5. The molecule has 112 valence electrons.